The fourth-order valence-corrected chi connectivity index (χ4v) is 2.31. The summed E-state index contributed by atoms with van der Waals surface area (Å²) in [6, 6.07) is 14.5. The molecule has 3 rings (SSSR count). The Kier molecular flexibility index (Phi) is 2.76. The molecule has 0 aliphatic carbocycles. The van der Waals surface area contributed by atoms with Crippen LogP contribution >= 0.6 is 11.6 Å². The molecule has 0 radical (unpaired) electrons. The van der Waals surface area contributed by atoms with Crippen molar-refractivity contribution in [2.75, 3.05) is 5.73 Å². The van der Waals surface area contributed by atoms with Crippen LogP contribution in [0.5, 0.6) is 0 Å². The third-order valence-electron chi connectivity index (χ3n) is 3.06. The monoisotopic (exact) mass is 270 g/mol. The molecule has 0 aliphatic rings. The first-order chi connectivity index (χ1) is 9.15. The topological polar surface area (TPSA) is 58.9 Å². The predicted octanol–water partition coefficient (Wildman–Crippen LogP) is 3.43. The van der Waals surface area contributed by atoms with Crippen LogP contribution in [0.1, 0.15) is 0 Å². The van der Waals surface area contributed by atoms with Gasteiger partial charge in [-0.25, -0.2) is 0 Å². The molecule has 0 bridgehead atoms. The lowest BCUT2D eigenvalue weighted by atomic mass is 10.1. The van der Waals surface area contributed by atoms with Gasteiger partial charge in [-0.15, -0.1) is 0 Å². The minimum atomic E-state index is -0.153. The summed E-state index contributed by atoms with van der Waals surface area (Å²) in [7, 11) is 0. The molecule has 3 nitrogen and oxygen atoms in total. The van der Waals surface area contributed by atoms with Gasteiger partial charge in [-0.2, -0.15) is 0 Å². The van der Waals surface area contributed by atoms with Crippen molar-refractivity contribution in [3.63, 3.8) is 0 Å². The molecule has 0 unspecified atom stereocenters. The van der Waals surface area contributed by atoms with Gasteiger partial charge in [0, 0.05) is 27.2 Å². The Balaban J connectivity index is 2.32. The molecule has 0 spiro atoms. The van der Waals surface area contributed by atoms with Gasteiger partial charge in [0.1, 0.15) is 0 Å². The van der Waals surface area contributed by atoms with E-state index in [9.17, 15) is 4.79 Å². The van der Waals surface area contributed by atoms with Gasteiger partial charge in [0.2, 0.25) is 0 Å². The zero-order valence-corrected chi connectivity index (χ0v) is 10.7. The molecule has 1 heterocycles. The molecule has 19 heavy (non-hydrogen) atoms. The number of hydrogen-bond donors (Lipinski definition) is 2. The molecule has 0 fully saturated rings. The average molecular weight is 271 g/mol. The zero-order chi connectivity index (χ0) is 13.4. The van der Waals surface area contributed by atoms with Crippen LogP contribution in [-0.2, 0) is 0 Å². The molecular formula is C15H11ClN2O. The standard InChI is InChI=1S/C15H11ClN2O/c16-10-4-1-3-9(7-10)14-8-12-11(15(19)18-14)5-2-6-13(12)17/h1-8H,17H2,(H,18,19). The molecule has 0 saturated heterocycles. The smallest absolute Gasteiger partial charge is 0.256 e. The van der Waals surface area contributed by atoms with Crippen LogP contribution in [0.25, 0.3) is 22.0 Å². The first-order valence-electron chi connectivity index (χ1n) is 5.82. The number of pyridine rings is 1. The lowest BCUT2D eigenvalue weighted by Gasteiger charge is -2.06. The van der Waals surface area contributed by atoms with Crippen LogP contribution in [0.2, 0.25) is 5.02 Å². The Morgan fingerprint density at radius 3 is 2.58 bits per heavy atom. The van der Waals surface area contributed by atoms with Gasteiger partial charge in [-0.05, 0) is 35.9 Å². The van der Waals surface area contributed by atoms with Gasteiger partial charge in [0.25, 0.3) is 5.56 Å². The highest BCUT2D eigenvalue weighted by molar-refractivity contribution is 6.30. The molecule has 2 aromatic carbocycles. The quantitative estimate of drug-likeness (QED) is 0.666. The van der Waals surface area contributed by atoms with Crippen LogP contribution in [-0.4, -0.2) is 4.98 Å². The number of nitrogen functional groups attached to an aromatic ring is 1. The lowest BCUT2D eigenvalue weighted by molar-refractivity contribution is 1.28. The Bertz CT molecular complexity index is 824. The maximum absolute atomic E-state index is 12.1. The largest absolute Gasteiger partial charge is 0.398 e. The van der Waals surface area contributed by atoms with E-state index in [2.05, 4.69) is 4.98 Å². The number of halogens is 1. The molecule has 94 valence electrons. The van der Waals surface area contributed by atoms with Gasteiger partial charge >= 0.3 is 0 Å². The van der Waals surface area contributed by atoms with Gasteiger partial charge in [0.05, 0.1) is 0 Å². The van der Waals surface area contributed by atoms with Gasteiger partial charge in [0.15, 0.2) is 0 Å². The van der Waals surface area contributed by atoms with E-state index in [0.717, 1.165) is 10.9 Å². The maximum Gasteiger partial charge on any atom is 0.256 e. The number of aromatic nitrogens is 1. The molecule has 0 amide bonds. The number of aromatic amines is 1. The van der Waals surface area contributed by atoms with E-state index in [1.807, 2.05) is 18.2 Å². The van der Waals surface area contributed by atoms with E-state index in [0.29, 0.717) is 21.8 Å². The summed E-state index contributed by atoms with van der Waals surface area (Å²) in [6.45, 7) is 0. The highest BCUT2D eigenvalue weighted by Crippen LogP contribution is 2.25. The fourth-order valence-electron chi connectivity index (χ4n) is 2.12. The number of H-pyrrole nitrogens is 1. The molecule has 3 N–H and O–H groups in total. The van der Waals surface area contributed by atoms with Crippen LogP contribution < -0.4 is 11.3 Å². The SMILES string of the molecule is Nc1cccc2c(=O)[nH]c(-c3cccc(Cl)c3)cc12. The van der Waals surface area contributed by atoms with E-state index >= 15 is 0 Å². The van der Waals surface area contributed by atoms with Crippen molar-refractivity contribution in [2.24, 2.45) is 0 Å². The number of fused-ring (bicyclic) bond motifs is 1. The lowest BCUT2D eigenvalue weighted by Crippen LogP contribution is -2.08. The molecule has 0 saturated carbocycles. The Morgan fingerprint density at radius 2 is 1.79 bits per heavy atom. The summed E-state index contributed by atoms with van der Waals surface area (Å²) < 4.78 is 0. The predicted molar refractivity (Wildman–Crippen MR) is 79.4 cm³/mol. The minimum absolute atomic E-state index is 0.153. The number of nitrogens with one attached hydrogen (secondary N) is 1. The number of anilines is 1. The van der Waals surface area contributed by atoms with Crippen molar-refractivity contribution in [1.82, 2.24) is 4.98 Å². The fraction of sp³-hybridized carbons (Fsp3) is 0. The summed E-state index contributed by atoms with van der Waals surface area (Å²) in [6.07, 6.45) is 0. The van der Waals surface area contributed by atoms with Crippen molar-refractivity contribution in [1.29, 1.82) is 0 Å². The van der Waals surface area contributed by atoms with Crippen molar-refractivity contribution in [2.45, 2.75) is 0 Å². The van der Waals surface area contributed by atoms with Gasteiger partial charge in [-0.1, -0.05) is 29.8 Å². The highest BCUT2D eigenvalue weighted by Gasteiger charge is 2.06. The van der Waals surface area contributed by atoms with Crippen LogP contribution in [0.3, 0.4) is 0 Å². The Hall–Kier alpha value is -2.26. The Morgan fingerprint density at radius 1 is 1.00 bits per heavy atom. The first-order valence-corrected chi connectivity index (χ1v) is 6.20. The number of nitrogens with two attached hydrogens (primary N) is 1. The maximum atomic E-state index is 12.1. The second-order valence-electron chi connectivity index (χ2n) is 4.33. The number of benzene rings is 2. The van der Waals surface area contributed by atoms with Gasteiger partial charge in [-0.3, -0.25) is 4.79 Å². The average Bonchev–Trinajstić information content (AvgIpc) is 2.40. The van der Waals surface area contributed by atoms with Crippen LogP contribution in [0.4, 0.5) is 5.69 Å². The van der Waals surface area contributed by atoms with Crippen molar-refractivity contribution >= 4 is 28.1 Å². The van der Waals surface area contributed by atoms with E-state index in [4.69, 9.17) is 17.3 Å². The van der Waals surface area contributed by atoms with Crippen molar-refractivity contribution in [3.8, 4) is 11.3 Å². The van der Waals surface area contributed by atoms with Gasteiger partial charge < -0.3 is 10.7 Å². The molecule has 0 atom stereocenters. The second-order valence-corrected chi connectivity index (χ2v) is 4.77. The summed E-state index contributed by atoms with van der Waals surface area (Å²) >= 11 is 5.97. The summed E-state index contributed by atoms with van der Waals surface area (Å²) in [5.74, 6) is 0. The molecule has 3 aromatic rings. The first kappa shape index (κ1) is 11.8. The molecule has 4 heteroatoms. The normalized spacial score (nSPS) is 10.8. The Labute approximate surface area is 114 Å². The third kappa shape index (κ3) is 2.09. The zero-order valence-electron chi connectivity index (χ0n) is 9.98. The second kappa shape index (κ2) is 4.44. The number of rotatable bonds is 1. The van der Waals surface area contributed by atoms with Crippen LogP contribution in [0.15, 0.2) is 53.3 Å². The van der Waals surface area contributed by atoms with Crippen molar-refractivity contribution < 1.29 is 0 Å². The van der Waals surface area contributed by atoms with Crippen LogP contribution in [0, 0.1) is 0 Å². The minimum Gasteiger partial charge on any atom is -0.398 e. The summed E-state index contributed by atoms with van der Waals surface area (Å²) in [5, 5.41) is 1.96. The van der Waals surface area contributed by atoms with Crippen molar-refractivity contribution in [3.05, 3.63) is 63.9 Å². The summed E-state index contributed by atoms with van der Waals surface area (Å²) in [4.78, 5) is 14.9. The van der Waals surface area contributed by atoms with E-state index in [1.54, 1.807) is 30.3 Å². The van der Waals surface area contributed by atoms with E-state index in [1.165, 1.54) is 0 Å². The third-order valence-corrected chi connectivity index (χ3v) is 3.29. The molecule has 1 aromatic heterocycles. The molecule has 0 aliphatic heterocycles. The van der Waals surface area contributed by atoms with E-state index < -0.39 is 0 Å². The molecular weight excluding hydrogens is 260 g/mol. The highest BCUT2D eigenvalue weighted by atomic mass is 35.5. The summed E-state index contributed by atoms with van der Waals surface area (Å²) in [5.41, 5.74) is 7.92. The number of hydrogen-bond acceptors (Lipinski definition) is 2. The van der Waals surface area contributed by atoms with E-state index in [-0.39, 0.29) is 5.56 Å².